The molecule has 0 saturated heterocycles. The zero-order valence-electron chi connectivity index (χ0n) is 11.1. The van der Waals surface area contributed by atoms with Crippen LogP contribution in [0.3, 0.4) is 0 Å². The first-order valence-electron chi connectivity index (χ1n) is 6.03. The number of hydrogen-bond donors (Lipinski definition) is 0. The second kappa shape index (κ2) is 5.83. The molecule has 0 spiro atoms. The summed E-state index contributed by atoms with van der Waals surface area (Å²) in [6.45, 7) is 0. The molecule has 1 aromatic carbocycles. The highest BCUT2D eigenvalue weighted by Gasteiger charge is 2.30. The van der Waals surface area contributed by atoms with Crippen molar-refractivity contribution in [3.05, 3.63) is 47.7 Å². The summed E-state index contributed by atoms with van der Waals surface area (Å²) in [5.74, 6) is 0.219. The van der Waals surface area contributed by atoms with E-state index < -0.39 is 11.7 Å². The van der Waals surface area contributed by atoms with Crippen molar-refractivity contribution < 1.29 is 17.9 Å². The SMILES string of the molecule is COc1ncc(CC#N)cc1-c1cccc(C(F)(F)F)c1. The number of methoxy groups -OCH3 is 1. The lowest BCUT2D eigenvalue weighted by molar-refractivity contribution is -0.137. The van der Waals surface area contributed by atoms with E-state index in [4.69, 9.17) is 10.00 Å². The number of nitriles is 1. The summed E-state index contributed by atoms with van der Waals surface area (Å²) in [6, 6.07) is 8.50. The second-order valence-corrected chi connectivity index (χ2v) is 4.31. The minimum atomic E-state index is -4.42. The standard InChI is InChI=1S/C15H11F3N2O/c1-21-14-13(7-10(5-6-19)9-20-14)11-3-2-4-12(8-11)15(16,17)18/h2-4,7-9H,5H2,1H3. The molecule has 2 rings (SSSR count). The first kappa shape index (κ1) is 14.9. The van der Waals surface area contributed by atoms with Crippen LogP contribution in [0.4, 0.5) is 13.2 Å². The molecule has 21 heavy (non-hydrogen) atoms. The lowest BCUT2D eigenvalue weighted by Gasteiger charge is -2.11. The van der Waals surface area contributed by atoms with Gasteiger partial charge in [-0.05, 0) is 29.3 Å². The van der Waals surface area contributed by atoms with Gasteiger partial charge in [0.1, 0.15) is 0 Å². The van der Waals surface area contributed by atoms with Crippen molar-refractivity contribution in [1.29, 1.82) is 5.26 Å². The van der Waals surface area contributed by atoms with Gasteiger partial charge in [-0.15, -0.1) is 0 Å². The van der Waals surface area contributed by atoms with E-state index >= 15 is 0 Å². The molecule has 0 fully saturated rings. The van der Waals surface area contributed by atoms with E-state index in [1.807, 2.05) is 6.07 Å². The summed E-state index contributed by atoms with van der Waals surface area (Å²) in [6.07, 6.45) is -2.82. The minimum absolute atomic E-state index is 0.128. The quantitative estimate of drug-likeness (QED) is 0.863. The van der Waals surface area contributed by atoms with E-state index in [0.29, 0.717) is 16.7 Å². The fourth-order valence-corrected chi connectivity index (χ4v) is 1.92. The van der Waals surface area contributed by atoms with Gasteiger partial charge in [-0.1, -0.05) is 12.1 Å². The smallest absolute Gasteiger partial charge is 0.416 e. The van der Waals surface area contributed by atoms with E-state index in [-0.39, 0.29) is 12.3 Å². The molecule has 0 atom stereocenters. The highest BCUT2D eigenvalue weighted by Crippen LogP contribution is 2.34. The van der Waals surface area contributed by atoms with Gasteiger partial charge in [-0.2, -0.15) is 18.4 Å². The van der Waals surface area contributed by atoms with Gasteiger partial charge in [-0.3, -0.25) is 0 Å². The molecule has 0 saturated carbocycles. The van der Waals surface area contributed by atoms with Crippen LogP contribution in [0.15, 0.2) is 36.5 Å². The summed E-state index contributed by atoms with van der Waals surface area (Å²) in [5.41, 5.74) is 0.642. The van der Waals surface area contributed by atoms with Crippen LogP contribution >= 0.6 is 0 Å². The number of halogens is 3. The topological polar surface area (TPSA) is 45.9 Å². The van der Waals surface area contributed by atoms with E-state index in [1.165, 1.54) is 19.4 Å². The lowest BCUT2D eigenvalue weighted by atomic mass is 10.0. The fraction of sp³-hybridized carbons (Fsp3) is 0.200. The molecular weight excluding hydrogens is 281 g/mol. The first-order chi connectivity index (χ1) is 9.95. The van der Waals surface area contributed by atoms with Crippen molar-refractivity contribution in [2.45, 2.75) is 12.6 Å². The minimum Gasteiger partial charge on any atom is -0.481 e. The van der Waals surface area contributed by atoms with Crippen LogP contribution in [-0.2, 0) is 12.6 Å². The maximum Gasteiger partial charge on any atom is 0.416 e. The Hall–Kier alpha value is -2.55. The molecule has 6 heteroatoms. The van der Waals surface area contributed by atoms with Crippen LogP contribution < -0.4 is 4.74 Å². The normalized spacial score (nSPS) is 11.0. The number of pyridine rings is 1. The Morgan fingerprint density at radius 2 is 2.05 bits per heavy atom. The summed E-state index contributed by atoms with van der Waals surface area (Å²) in [7, 11) is 1.39. The monoisotopic (exact) mass is 292 g/mol. The van der Waals surface area contributed by atoms with Crippen LogP contribution in [0.25, 0.3) is 11.1 Å². The predicted molar refractivity (Wildman–Crippen MR) is 70.5 cm³/mol. The van der Waals surface area contributed by atoms with Crippen molar-refractivity contribution in [2.75, 3.05) is 7.11 Å². The Morgan fingerprint density at radius 1 is 1.29 bits per heavy atom. The van der Waals surface area contributed by atoms with Gasteiger partial charge in [0.2, 0.25) is 5.88 Å². The van der Waals surface area contributed by atoms with Crippen molar-refractivity contribution in [3.63, 3.8) is 0 Å². The third-order valence-corrected chi connectivity index (χ3v) is 2.89. The molecule has 0 amide bonds. The van der Waals surface area contributed by atoms with Gasteiger partial charge in [0.15, 0.2) is 0 Å². The van der Waals surface area contributed by atoms with Crippen molar-refractivity contribution >= 4 is 0 Å². The molecule has 1 heterocycles. The van der Waals surface area contributed by atoms with Crippen LogP contribution in [0, 0.1) is 11.3 Å². The van der Waals surface area contributed by atoms with Gasteiger partial charge >= 0.3 is 6.18 Å². The lowest BCUT2D eigenvalue weighted by Crippen LogP contribution is -2.04. The highest BCUT2D eigenvalue weighted by molar-refractivity contribution is 5.70. The molecule has 0 aliphatic rings. The highest BCUT2D eigenvalue weighted by atomic mass is 19.4. The summed E-state index contributed by atoms with van der Waals surface area (Å²) in [5, 5.41) is 8.70. The number of ether oxygens (including phenoxy) is 1. The molecule has 3 nitrogen and oxygen atoms in total. The largest absolute Gasteiger partial charge is 0.481 e. The molecule has 0 N–H and O–H groups in total. The van der Waals surface area contributed by atoms with Gasteiger partial charge in [-0.25, -0.2) is 4.98 Å². The number of aromatic nitrogens is 1. The third-order valence-electron chi connectivity index (χ3n) is 2.89. The van der Waals surface area contributed by atoms with Crippen molar-refractivity contribution in [1.82, 2.24) is 4.98 Å². The van der Waals surface area contributed by atoms with Crippen LogP contribution in [0.1, 0.15) is 11.1 Å². The average molecular weight is 292 g/mol. The van der Waals surface area contributed by atoms with Gasteiger partial charge in [0.05, 0.1) is 25.2 Å². The summed E-state index contributed by atoms with van der Waals surface area (Å²) in [4.78, 5) is 4.03. The number of benzene rings is 1. The predicted octanol–water partition coefficient (Wildman–Crippen LogP) is 3.84. The number of hydrogen-bond acceptors (Lipinski definition) is 3. The molecule has 108 valence electrons. The molecule has 2 aromatic rings. The summed E-state index contributed by atoms with van der Waals surface area (Å²) < 4.78 is 43.4. The van der Waals surface area contributed by atoms with Crippen LogP contribution in [0.2, 0.25) is 0 Å². The Bertz CT molecular complexity index is 690. The average Bonchev–Trinajstić information content (AvgIpc) is 2.47. The molecule has 1 aromatic heterocycles. The van der Waals surface area contributed by atoms with Gasteiger partial charge in [0, 0.05) is 11.8 Å². The third kappa shape index (κ3) is 3.31. The maximum absolute atomic E-state index is 12.8. The van der Waals surface area contributed by atoms with E-state index in [9.17, 15) is 13.2 Å². The molecule has 0 radical (unpaired) electrons. The van der Waals surface area contributed by atoms with E-state index in [0.717, 1.165) is 12.1 Å². The zero-order chi connectivity index (χ0) is 15.5. The van der Waals surface area contributed by atoms with Gasteiger partial charge in [0.25, 0.3) is 0 Å². The summed E-state index contributed by atoms with van der Waals surface area (Å²) >= 11 is 0. The Morgan fingerprint density at radius 3 is 2.67 bits per heavy atom. The van der Waals surface area contributed by atoms with Crippen LogP contribution in [0.5, 0.6) is 5.88 Å². The fourth-order valence-electron chi connectivity index (χ4n) is 1.92. The first-order valence-corrected chi connectivity index (χ1v) is 6.03. The van der Waals surface area contributed by atoms with Gasteiger partial charge < -0.3 is 4.74 Å². The zero-order valence-corrected chi connectivity index (χ0v) is 11.1. The Labute approximate surface area is 119 Å². The molecule has 0 bridgehead atoms. The van der Waals surface area contributed by atoms with E-state index in [1.54, 1.807) is 12.1 Å². The van der Waals surface area contributed by atoms with Crippen LogP contribution in [-0.4, -0.2) is 12.1 Å². The Kier molecular flexibility index (Phi) is 4.13. The Balaban J connectivity index is 2.55. The maximum atomic E-state index is 12.8. The molecule has 0 aliphatic carbocycles. The second-order valence-electron chi connectivity index (χ2n) is 4.31. The van der Waals surface area contributed by atoms with Crippen molar-refractivity contribution in [3.8, 4) is 23.1 Å². The molecule has 0 aliphatic heterocycles. The molecule has 0 unspecified atom stereocenters. The number of rotatable bonds is 3. The molecular formula is C15H11F3N2O. The number of nitrogens with zero attached hydrogens (tertiary/aromatic N) is 2. The number of alkyl halides is 3. The van der Waals surface area contributed by atoms with E-state index in [2.05, 4.69) is 4.98 Å². The van der Waals surface area contributed by atoms with Crippen molar-refractivity contribution in [2.24, 2.45) is 0 Å².